The lowest BCUT2D eigenvalue weighted by molar-refractivity contribution is 0.0701. The van der Waals surface area contributed by atoms with Gasteiger partial charge in [-0.3, -0.25) is 4.79 Å². The normalized spacial score (nSPS) is 15.8. The number of urea groups is 1. The molecule has 1 aliphatic carbocycles. The van der Waals surface area contributed by atoms with Crippen LogP contribution in [0.5, 0.6) is 0 Å². The second kappa shape index (κ2) is 9.29. The van der Waals surface area contributed by atoms with E-state index in [4.69, 9.17) is 5.10 Å². The van der Waals surface area contributed by atoms with Crippen LogP contribution in [-0.4, -0.2) is 45.8 Å². The molecule has 2 N–H and O–H groups in total. The number of benzene rings is 2. The Bertz CT molecular complexity index is 1200. The Hall–Kier alpha value is -3.68. The molecule has 34 heavy (non-hydrogen) atoms. The Balaban J connectivity index is 1.21. The molecule has 5 rings (SSSR count). The van der Waals surface area contributed by atoms with Gasteiger partial charge < -0.3 is 15.5 Å². The van der Waals surface area contributed by atoms with Crippen molar-refractivity contribution in [2.75, 3.05) is 18.4 Å². The highest BCUT2D eigenvalue weighted by molar-refractivity contribution is 5.94. The van der Waals surface area contributed by atoms with Crippen LogP contribution in [0.4, 0.5) is 14.9 Å². The van der Waals surface area contributed by atoms with Crippen molar-refractivity contribution in [3.8, 4) is 5.69 Å². The first-order valence-corrected chi connectivity index (χ1v) is 11.8. The molecular weight excluding hydrogens is 433 g/mol. The molecule has 176 valence electrons. The van der Waals surface area contributed by atoms with E-state index in [0.717, 1.165) is 36.2 Å². The Kier molecular flexibility index (Phi) is 6.04. The standard InChI is InChI=1S/C26H28FN5O2/c1-17-5-11-21(12-6-17)32-23-4-2-3-22(23)24(30-32)25(33)31-15-13-20(14-16-31)29-26(34)28-19-9-7-18(27)8-10-19/h5-12,20H,2-4,13-16H2,1H3,(H2,28,29,34). The highest BCUT2D eigenvalue weighted by Gasteiger charge is 2.31. The molecule has 3 amide bonds. The topological polar surface area (TPSA) is 79.3 Å². The lowest BCUT2D eigenvalue weighted by Gasteiger charge is -2.32. The molecule has 1 saturated heterocycles. The maximum absolute atomic E-state index is 13.4. The molecule has 1 aliphatic heterocycles. The molecule has 0 bridgehead atoms. The van der Waals surface area contributed by atoms with Crippen LogP contribution >= 0.6 is 0 Å². The van der Waals surface area contributed by atoms with Gasteiger partial charge in [-0.15, -0.1) is 0 Å². The number of nitrogens with zero attached hydrogens (tertiary/aromatic N) is 3. The second-order valence-electron chi connectivity index (χ2n) is 9.05. The van der Waals surface area contributed by atoms with E-state index in [1.807, 2.05) is 21.7 Å². The first-order valence-electron chi connectivity index (χ1n) is 11.8. The molecule has 2 heterocycles. The number of hydrogen-bond donors (Lipinski definition) is 2. The summed E-state index contributed by atoms with van der Waals surface area (Å²) in [4.78, 5) is 27.5. The summed E-state index contributed by atoms with van der Waals surface area (Å²) in [5.74, 6) is -0.379. The van der Waals surface area contributed by atoms with E-state index in [1.165, 1.54) is 29.8 Å². The molecule has 2 aliphatic rings. The predicted octanol–water partition coefficient (Wildman–Crippen LogP) is 4.23. The van der Waals surface area contributed by atoms with Crippen LogP contribution in [0, 0.1) is 12.7 Å². The first-order chi connectivity index (χ1) is 16.5. The van der Waals surface area contributed by atoms with Gasteiger partial charge in [0.2, 0.25) is 0 Å². The summed E-state index contributed by atoms with van der Waals surface area (Å²) in [6.45, 7) is 3.18. The number of piperidine rings is 1. The van der Waals surface area contributed by atoms with Gasteiger partial charge in [0.15, 0.2) is 5.69 Å². The molecule has 1 fully saturated rings. The number of aryl methyl sites for hydroxylation is 1. The summed E-state index contributed by atoms with van der Waals surface area (Å²) in [5, 5.41) is 10.4. The number of amides is 3. The fourth-order valence-corrected chi connectivity index (χ4v) is 4.77. The zero-order chi connectivity index (χ0) is 23.7. The SMILES string of the molecule is Cc1ccc(-n2nc(C(=O)N3CCC(NC(=O)Nc4ccc(F)cc4)CC3)c3c2CCC3)cc1. The van der Waals surface area contributed by atoms with Crippen molar-refractivity contribution in [3.05, 3.63) is 76.9 Å². The quantitative estimate of drug-likeness (QED) is 0.610. The molecule has 0 atom stereocenters. The van der Waals surface area contributed by atoms with Gasteiger partial charge in [-0.25, -0.2) is 13.9 Å². The zero-order valence-corrected chi connectivity index (χ0v) is 19.2. The Morgan fingerprint density at radius 1 is 1.00 bits per heavy atom. The third kappa shape index (κ3) is 4.53. The summed E-state index contributed by atoms with van der Waals surface area (Å²) < 4.78 is 15.0. The number of nitrogens with one attached hydrogen (secondary N) is 2. The molecule has 7 nitrogen and oxygen atoms in total. The van der Waals surface area contributed by atoms with E-state index in [1.54, 1.807) is 0 Å². The van der Waals surface area contributed by atoms with E-state index in [0.29, 0.717) is 37.3 Å². The van der Waals surface area contributed by atoms with E-state index < -0.39 is 0 Å². The van der Waals surface area contributed by atoms with Crippen molar-refractivity contribution in [2.24, 2.45) is 0 Å². The number of carbonyl (C=O) groups excluding carboxylic acids is 2. The van der Waals surface area contributed by atoms with Crippen LogP contribution < -0.4 is 10.6 Å². The van der Waals surface area contributed by atoms with Crippen LogP contribution in [0.25, 0.3) is 5.69 Å². The average Bonchev–Trinajstić information content (AvgIpc) is 3.44. The number of aromatic nitrogens is 2. The van der Waals surface area contributed by atoms with Crippen LogP contribution in [0.2, 0.25) is 0 Å². The van der Waals surface area contributed by atoms with Crippen molar-refractivity contribution < 1.29 is 14.0 Å². The molecule has 0 unspecified atom stereocenters. The maximum atomic E-state index is 13.4. The summed E-state index contributed by atoms with van der Waals surface area (Å²) >= 11 is 0. The van der Waals surface area contributed by atoms with Gasteiger partial charge in [0, 0.05) is 36.1 Å². The monoisotopic (exact) mass is 461 g/mol. The van der Waals surface area contributed by atoms with Gasteiger partial charge in [-0.2, -0.15) is 5.10 Å². The zero-order valence-electron chi connectivity index (χ0n) is 19.2. The van der Waals surface area contributed by atoms with Crippen molar-refractivity contribution in [1.29, 1.82) is 0 Å². The number of rotatable bonds is 4. The Morgan fingerprint density at radius 3 is 2.41 bits per heavy atom. The van der Waals surface area contributed by atoms with E-state index in [9.17, 15) is 14.0 Å². The van der Waals surface area contributed by atoms with Gasteiger partial charge >= 0.3 is 6.03 Å². The molecule has 8 heteroatoms. The maximum Gasteiger partial charge on any atom is 0.319 e. The molecule has 0 radical (unpaired) electrons. The highest BCUT2D eigenvalue weighted by Crippen LogP contribution is 2.29. The Labute approximate surface area is 198 Å². The third-order valence-corrected chi connectivity index (χ3v) is 6.63. The van der Waals surface area contributed by atoms with E-state index >= 15 is 0 Å². The molecule has 0 spiro atoms. The van der Waals surface area contributed by atoms with Gasteiger partial charge in [0.25, 0.3) is 5.91 Å². The fourth-order valence-electron chi connectivity index (χ4n) is 4.77. The third-order valence-electron chi connectivity index (χ3n) is 6.63. The van der Waals surface area contributed by atoms with E-state index in [-0.39, 0.29) is 23.8 Å². The van der Waals surface area contributed by atoms with Crippen LogP contribution in [0.3, 0.4) is 0 Å². The summed E-state index contributed by atoms with van der Waals surface area (Å²) in [7, 11) is 0. The largest absolute Gasteiger partial charge is 0.337 e. The van der Waals surface area contributed by atoms with Crippen molar-refractivity contribution in [3.63, 3.8) is 0 Å². The number of likely N-dealkylation sites (tertiary alicyclic amines) is 1. The van der Waals surface area contributed by atoms with Gasteiger partial charge in [0.05, 0.1) is 5.69 Å². The minimum absolute atomic E-state index is 0.0275. The van der Waals surface area contributed by atoms with Gasteiger partial charge in [0.1, 0.15) is 5.82 Å². The average molecular weight is 462 g/mol. The lowest BCUT2D eigenvalue weighted by atomic mass is 10.0. The summed E-state index contributed by atoms with van der Waals surface area (Å²) in [6, 6.07) is 13.5. The van der Waals surface area contributed by atoms with Crippen molar-refractivity contribution in [1.82, 2.24) is 20.0 Å². The van der Waals surface area contributed by atoms with E-state index in [2.05, 4.69) is 29.7 Å². The fraction of sp³-hybridized carbons (Fsp3) is 0.346. The number of anilines is 1. The predicted molar refractivity (Wildman–Crippen MR) is 128 cm³/mol. The van der Waals surface area contributed by atoms with Gasteiger partial charge in [-0.05, 0) is 75.4 Å². The molecule has 0 saturated carbocycles. The second-order valence-corrected chi connectivity index (χ2v) is 9.05. The first kappa shape index (κ1) is 22.1. The van der Waals surface area contributed by atoms with Crippen LogP contribution in [0.1, 0.15) is 46.6 Å². The minimum atomic E-state index is -0.350. The van der Waals surface area contributed by atoms with Crippen LogP contribution in [-0.2, 0) is 12.8 Å². The van der Waals surface area contributed by atoms with Crippen molar-refractivity contribution in [2.45, 2.75) is 45.1 Å². The molecular formula is C26H28FN5O2. The number of carbonyl (C=O) groups is 2. The summed E-state index contributed by atoms with van der Waals surface area (Å²) in [5.41, 5.74) is 5.48. The molecule has 1 aromatic heterocycles. The minimum Gasteiger partial charge on any atom is -0.337 e. The molecule has 3 aromatic rings. The van der Waals surface area contributed by atoms with Crippen LogP contribution in [0.15, 0.2) is 48.5 Å². The highest BCUT2D eigenvalue weighted by atomic mass is 19.1. The number of hydrogen-bond acceptors (Lipinski definition) is 3. The van der Waals surface area contributed by atoms with Crippen molar-refractivity contribution >= 4 is 17.6 Å². The number of halogens is 1. The smallest absolute Gasteiger partial charge is 0.319 e. The molecule has 2 aromatic carbocycles. The number of fused-ring (bicyclic) bond motifs is 1. The lowest BCUT2D eigenvalue weighted by Crippen LogP contribution is -2.47. The Morgan fingerprint density at radius 2 is 1.71 bits per heavy atom. The van der Waals surface area contributed by atoms with Gasteiger partial charge in [-0.1, -0.05) is 17.7 Å². The summed E-state index contributed by atoms with van der Waals surface area (Å²) in [6.07, 6.45) is 4.18.